The molecule has 2 unspecified atom stereocenters. The lowest BCUT2D eigenvalue weighted by Gasteiger charge is -2.21. The van der Waals surface area contributed by atoms with Gasteiger partial charge in [-0.1, -0.05) is 36.2 Å². The summed E-state index contributed by atoms with van der Waals surface area (Å²) in [5, 5.41) is 0. The van der Waals surface area contributed by atoms with Crippen LogP contribution in [-0.2, 0) is 0 Å². The first-order chi connectivity index (χ1) is 7.10. The summed E-state index contributed by atoms with van der Waals surface area (Å²) in [5.74, 6) is 1.32. The zero-order valence-corrected chi connectivity index (χ0v) is 11.0. The van der Waals surface area contributed by atoms with Crippen LogP contribution in [0.3, 0.4) is 0 Å². The monoisotopic (exact) mass is 271 g/mol. The maximum atomic E-state index is 6.19. The highest BCUT2D eigenvalue weighted by atomic mass is 79.9. The van der Waals surface area contributed by atoms with Crippen LogP contribution in [0.1, 0.15) is 31.9 Å². The zero-order chi connectivity index (χ0) is 11.4. The SMILES string of the molecule is CCC(C)C(N)c1cc(Br)ccc1OC. The topological polar surface area (TPSA) is 35.2 Å². The molecule has 0 fully saturated rings. The van der Waals surface area contributed by atoms with Crippen molar-refractivity contribution in [3.63, 3.8) is 0 Å². The summed E-state index contributed by atoms with van der Waals surface area (Å²) in [4.78, 5) is 0. The van der Waals surface area contributed by atoms with Crippen LogP contribution in [0.4, 0.5) is 0 Å². The minimum Gasteiger partial charge on any atom is -0.496 e. The number of nitrogens with two attached hydrogens (primary N) is 1. The Bertz CT molecular complexity index is 327. The third kappa shape index (κ3) is 2.95. The molecular formula is C12H18BrNO. The molecule has 1 aromatic carbocycles. The van der Waals surface area contributed by atoms with E-state index in [9.17, 15) is 0 Å². The molecular weight excluding hydrogens is 254 g/mol. The third-order valence-electron chi connectivity index (χ3n) is 2.81. The average molecular weight is 272 g/mol. The molecule has 0 amide bonds. The minimum atomic E-state index is 0.0300. The highest BCUT2D eigenvalue weighted by Gasteiger charge is 2.17. The van der Waals surface area contributed by atoms with Gasteiger partial charge in [-0.15, -0.1) is 0 Å². The van der Waals surface area contributed by atoms with Crippen molar-refractivity contribution in [2.75, 3.05) is 7.11 Å². The van der Waals surface area contributed by atoms with Crippen LogP contribution in [0.2, 0.25) is 0 Å². The van der Waals surface area contributed by atoms with E-state index in [4.69, 9.17) is 10.5 Å². The molecule has 1 rings (SSSR count). The molecule has 2 N–H and O–H groups in total. The molecule has 0 aromatic heterocycles. The highest BCUT2D eigenvalue weighted by Crippen LogP contribution is 2.31. The van der Waals surface area contributed by atoms with E-state index in [1.807, 2.05) is 18.2 Å². The minimum absolute atomic E-state index is 0.0300. The number of hydrogen-bond acceptors (Lipinski definition) is 2. The van der Waals surface area contributed by atoms with Crippen molar-refractivity contribution in [2.24, 2.45) is 11.7 Å². The van der Waals surface area contributed by atoms with Crippen molar-refractivity contribution in [1.82, 2.24) is 0 Å². The second kappa shape index (κ2) is 5.52. The fraction of sp³-hybridized carbons (Fsp3) is 0.500. The normalized spacial score (nSPS) is 14.7. The Hall–Kier alpha value is -0.540. The molecule has 84 valence electrons. The van der Waals surface area contributed by atoms with E-state index in [0.717, 1.165) is 22.2 Å². The van der Waals surface area contributed by atoms with Gasteiger partial charge < -0.3 is 10.5 Å². The Kier molecular flexibility index (Phi) is 4.61. The van der Waals surface area contributed by atoms with E-state index in [1.54, 1.807) is 7.11 Å². The smallest absolute Gasteiger partial charge is 0.123 e. The lowest BCUT2D eigenvalue weighted by atomic mass is 9.93. The van der Waals surface area contributed by atoms with Gasteiger partial charge >= 0.3 is 0 Å². The number of hydrogen-bond donors (Lipinski definition) is 1. The number of halogens is 1. The van der Waals surface area contributed by atoms with E-state index >= 15 is 0 Å². The van der Waals surface area contributed by atoms with Gasteiger partial charge in [-0.3, -0.25) is 0 Å². The van der Waals surface area contributed by atoms with E-state index in [1.165, 1.54) is 0 Å². The fourth-order valence-corrected chi connectivity index (χ4v) is 1.90. The van der Waals surface area contributed by atoms with Crippen LogP contribution in [0.15, 0.2) is 22.7 Å². The predicted molar refractivity (Wildman–Crippen MR) is 67.1 cm³/mol. The Morgan fingerprint density at radius 3 is 2.67 bits per heavy atom. The summed E-state index contributed by atoms with van der Waals surface area (Å²) in [6.45, 7) is 4.31. The summed E-state index contributed by atoms with van der Waals surface area (Å²) in [6.07, 6.45) is 1.07. The Morgan fingerprint density at radius 1 is 1.47 bits per heavy atom. The number of methoxy groups -OCH3 is 1. The molecule has 0 bridgehead atoms. The van der Waals surface area contributed by atoms with E-state index in [0.29, 0.717) is 5.92 Å². The molecule has 15 heavy (non-hydrogen) atoms. The molecule has 0 saturated heterocycles. The maximum Gasteiger partial charge on any atom is 0.123 e. The zero-order valence-electron chi connectivity index (χ0n) is 9.46. The number of rotatable bonds is 4. The summed E-state index contributed by atoms with van der Waals surface area (Å²) in [5.41, 5.74) is 7.26. The van der Waals surface area contributed by atoms with Crippen molar-refractivity contribution in [3.8, 4) is 5.75 Å². The molecule has 0 aliphatic rings. The van der Waals surface area contributed by atoms with Gasteiger partial charge in [0.25, 0.3) is 0 Å². The van der Waals surface area contributed by atoms with Gasteiger partial charge in [0.15, 0.2) is 0 Å². The van der Waals surface area contributed by atoms with Gasteiger partial charge in [-0.05, 0) is 24.1 Å². The van der Waals surface area contributed by atoms with Gasteiger partial charge in [-0.2, -0.15) is 0 Å². The standard InChI is InChI=1S/C12H18BrNO/c1-4-8(2)12(14)10-7-9(13)5-6-11(10)15-3/h5-8,12H,4,14H2,1-3H3. The quantitative estimate of drug-likeness (QED) is 0.910. The molecule has 0 heterocycles. The molecule has 0 saturated carbocycles. The van der Waals surface area contributed by atoms with E-state index in [-0.39, 0.29) is 6.04 Å². The van der Waals surface area contributed by atoms with E-state index < -0.39 is 0 Å². The first kappa shape index (κ1) is 12.5. The Labute approximate surface area is 99.9 Å². The van der Waals surface area contributed by atoms with Gasteiger partial charge in [0, 0.05) is 16.1 Å². The summed E-state index contributed by atoms with van der Waals surface area (Å²) in [6, 6.07) is 5.98. The van der Waals surface area contributed by atoms with E-state index in [2.05, 4.69) is 29.8 Å². The first-order valence-corrected chi connectivity index (χ1v) is 5.98. The van der Waals surface area contributed by atoms with Crippen molar-refractivity contribution in [1.29, 1.82) is 0 Å². The van der Waals surface area contributed by atoms with Crippen LogP contribution in [0, 0.1) is 5.92 Å². The molecule has 2 nitrogen and oxygen atoms in total. The summed E-state index contributed by atoms with van der Waals surface area (Å²) in [7, 11) is 1.68. The van der Waals surface area contributed by atoms with Crippen LogP contribution < -0.4 is 10.5 Å². The molecule has 0 radical (unpaired) electrons. The van der Waals surface area contributed by atoms with Crippen molar-refractivity contribution in [3.05, 3.63) is 28.2 Å². The summed E-state index contributed by atoms with van der Waals surface area (Å²) >= 11 is 3.45. The van der Waals surface area contributed by atoms with Gasteiger partial charge in [0.2, 0.25) is 0 Å². The average Bonchev–Trinajstić information content (AvgIpc) is 2.27. The number of ether oxygens (including phenoxy) is 1. The molecule has 3 heteroatoms. The van der Waals surface area contributed by atoms with Gasteiger partial charge in [0.05, 0.1) is 7.11 Å². The molecule has 0 aliphatic carbocycles. The molecule has 0 aliphatic heterocycles. The lowest BCUT2D eigenvalue weighted by Crippen LogP contribution is -2.19. The number of benzene rings is 1. The maximum absolute atomic E-state index is 6.19. The summed E-state index contributed by atoms with van der Waals surface area (Å²) < 4.78 is 6.35. The predicted octanol–water partition coefficient (Wildman–Crippen LogP) is 3.50. The highest BCUT2D eigenvalue weighted by molar-refractivity contribution is 9.10. The van der Waals surface area contributed by atoms with Gasteiger partial charge in [-0.25, -0.2) is 0 Å². The molecule has 2 atom stereocenters. The van der Waals surface area contributed by atoms with Crippen LogP contribution in [0.25, 0.3) is 0 Å². The molecule has 0 spiro atoms. The second-order valence-electron chi connectivity index (χ2n) is 3.80. The van der Waals surface area contributed by atoms with Crippen LogP contribution in [-0.4, -0.2) is 7.11 Å². The third-order valence-corrected chi connectivity index (χ3v) is 3.30. The Balaban J connectivity index is 3.05. The first-order valence-electron chi connectivity index (χ1n) is 5.19. The van der Waals surface area contributed by atoms with Crippen molar-refractivity contribution >= 4 is 15.9 Å². The molecule has 1 aromatic rings. The van der Waals surface area contributed by atoms with Crippen LogP contribution >= 0.6 is 15.9 Å². The second-order valence-corrected chi connectivity index (χ2v) is 4.71. The fourth-order valence-electron chi connectivity index (χ4n) is 1.53. The van der Waals surface area contributed by atoms with Gasteiger partial charge in [0.1, 0.15) is 5.75 Å². The lowest BCUT2D eigenvalue weighted by molar-refractivity contribution is 0.388. The van der Waals surface area contributed by atoms with Crippen molar-refractivity contribution < 1.29 is 4.74 Å². The van der Waals surface area contributed by atoms with Crippen LogP contribution in [0.5, 0.6) is 5.75 Å². The largest absolute Gasteiger partial charge is 0.496 e. The Morgan fingerprint density at radius 2 is 2.13 bits per heavy atom. The van der Waals surface area contributed by atoms with Crippen molar-refractivity contribution in [2.45, 2.75) is 26.3 Å².